The van der Waals surface area contributed by atoms with E-state index >= 15 is 0 Å². The number of pyridine rings is 2. The van der Waals surface area contributed by atoms with Gasteiger partial charge in [-0.3, -0.25) is 9.47 Å². The Morgan fingerprint density at radius 1 is 0.923 bits per heavy atom. The summed E-state index contributed by atoms with van der Waals surface area (Å²) in [6.07, 6.45) is 5.85. The van der Waals surface area contributed by atoms with Crippen LogP contribution in [0.3, 0.4) is 0 Å². The Bertz CT molecular complexity index is 1630. The van der Waals surface area contributed by atoms with Gasteiger partial charge in [0.25, 0.3) is 0 Å². The summed E-state index contributed by atoms with van der Waals surface area (Å²) in [5.74, 6) is 1.37. The van der Waals surface area contributed by atoms with Crippen molar-refractivity contribution in [3.63, 3.8) is 0 Å². The van der Waals surface area contributed by atoms with Gasteiger partial charge in [-0.15, -0.1) is 0 Å². The fourth-order valence-corrected chi connectivity index (χ4v) is 5.57. The molecule has 0 amide bonds. The van der Waals surface area contributed by atoms with Gasteiger partial charge < -0.3 is 5.73 Å². The Kier molecular flexibility index (Phi) is 6.78. The van der Waals surface area contributed by atoms with E-state index in [1.807, 2.05) is 42.5 Å². The number of imidazole rings is 1. The van der Waals surface area contributed by atoms with Gasteiger partial charge in [-0.05, 0) is 74.7 Å². The Labute approximate surface area is 228 Å². The minimum atomic E-state index is 0.220. The number of nitrogens with two attached hydrogens (primary N) is 1. The highest BCUT2D eigenvalue weighted by molar-refractivity contribution is 5.84. The van der Waals surface area contributed by atoms with Crippen LogP contribution in [0.4, 0.5) is 5.82 Å². The van der Waals surface area contributed by atoms with Crippen LogP contribution >= 0.6 is 0 Å². The zero-order valence-corrected chi connectivity index (χ0v) is 22.0. The van der Waals surface area contributed by atoms with Crippen molar-refractivity contribution < 1.29 is 0 Å². The average molecular weight is 514 g/mol. The minimum Gasteiger partial charge on any atom is -0.383 e. The van der Waals surface area contributed by atoms with Gasteiger partial charge in [-0.25, -0.2) is 15.0 Å². The predicted molar refractivity (Wildman–Crippen MR) is 155 cm³/mol. The quantitative estimate of drug-likeness (QED) is 0.288. The van der Waals surface area contributed by atoms with E-state index in [0.717, 1.165) is 65.9 Å². The van der Waals surface area contributed by atoms with Crippen LogP contribution in [-0.2, 0) is 6.54 Å². The largest absolute Gasteiger partial charge is 0.383 e. The zero-order valence-electron chi connectivity index (χ0n) is 22.0. The number of anilines is 1. The fourth-order valence-electron chi connectivity index (χ4n) is 5.57. The molecule has 0 bridgehead atoms. The first-order valence-corrected chi connectivity index (χ1v) is 13.5. The molecule has 3 heterocycles. The lowest BCUT2D eigenvalue weighted by molar-refractivity contribution is 0.171. The third-order valence-electron chi connectivity index (χ3n) is 7.78. The maximum Gasteiger partial charge on any atom is 0.165 e. The van der Waals surface area contributed by atoms with Crippen molar-refractivity contribution in [2.24, 2.45) is 5.92 Å². The van der Waals surface area contributed by atoms with Crippen molar-refractivity contribution in [2.75, 3.05) is 12.8 Å². The molecular weight excluding hydrogens is 482 g/mol. The third-order valence-corrected chi connectivity index (χ3v) is 7.78. The predicted octanol–water partition coefficient (Wildman–Crippen LogP) is 6.25. The van der Waals surface area contributed by atoms with Crippen LogP contribution in [0, 0.1) is 17.2 Å². The lowest BCUT2D eigenvalue weighted by Gasteiger charge is -2.32. The van der Waals surface area contributed by atoms with Gasteiger partial charge in [0, 0.05) is 36.0 Å². The number of fused-ring (bicyclic) bond motifs is 1. The number of aromatic nitrogens is 4. The second-order valence-corrected chi connectivity index (χ2v) is 10.3. The average Bonchev–Trinajstić information content (AvgIpc) is 3.37. The summed E-state index contributed by atoms with van der Waals surface area (Å²) in [6.45, 7) is 0.867. The van der Waals surface area contributed by atoms with Gasteiger partial charge in [0.1, 0.15) is 11.3 Å². The van der Waals surface area contributed by atoms with Crippen molar-refractivity contribution in [3.05, 3.63) is 90.6 Å². The lowest BCUT2D eigenvalue weighted by atomic mass is 9.86. The molecule has 0 spiro atoms. The Balaban J connectivity index is 1.36. The molecule has 1 aliphatic carbocycles. The number of nitrogen functional groups attached to an aromatic ring is 1. The van der Waals surface area contributed by atoms with Crippen LogP contribution in [0.5, 0.6) is 0 Å². The summed E-state index contributed by atoms with van der Waals surface area (Å²) < 4.78 is 2.08. The van der Waals surface area contributed by atoms with Gasteiger partial charge in [-0.2, -0.15) is 5.26 Å². The second kappa shape index (κ2) is 10.7. The molecule has 6 rings (SSSR count). The summed E-state index contributed by atoms with van der Waals surface area (Å²) in [5.41, 5.74) is 12.8. The van der Waals surface area contributed by atoms with E-state index in [1.54, 1.807) is 6.20 Å². The highest BCUT2D eigenvalue weighted by Gasteiger charge is 2.24. The van der Waals surface area contributed by atoms with Crippen LogP contribution in [-0.4, -0.2) is 37.5 Å². The number of hydrogen-bond acceptors (Lipinski definition) is 6. The number of nitrogens with zero attached hydrogens (tertiary/aromatic N) is 6. The van der Waals surface area contributed by atoms with Crippen molar-refractivity contribution in [1.82, 2.24) is 24.4 Å². The number of hydrogen-bond donors (Lipinski definition) is 1. The molecule has 1 saturated carbocycles. The molecule has 2 aromatic carbocycles. The summed E-state index contributed by atoms with van der Waals surface area (Å²) in [6, 6.07) is 29.6. The number of benzene rings is 2. The third kappa shape index (κ3) is 4.99. The molecule has 1 aliphatic rings. The lowest BCUT2D eigenvalue weighted by Crippen LogP contribution is -2.34. The van der Waals surface area contributed by atoms with E-state index in [9.17, 15) is 5.26 Å². The Morgan fingerprint density at radius 3 is 2.41 bits per heavy atom. The molecule has 39 heavy (non-hydrogen) atoms. The van der Waals surface area contributed by atoms with Crippen LogP contribution in [0.2, 0.25) is 0 Å². The molecule has 7 heteroatoms. The number of nitriles is 1. The monoisotopic (exact) mass is 513 g/mol. The van der Waals surface area contributed by atoms with Crippen LogP contribution < -0.4 is 5.73 Å². The van der Waals surface area contributed by atoms with Gasteiger partial charge in [0.2, 0.25) is 0 Å². The SMILES string of the molecule is CN(Cc1ccc(-n2c(-c3cccnc3N)nc3ccc(-c4ccccc4)nc32)cc1)C1CCC(C#N)CC1. The van der Waals surface area contributed by atoms with Crippen molar-refractivity contribution in [1.29, 1.82) is 5.26 Å². The van der Waals surface area contributed by atoms with Gasteiger partial charge >= 0.3 is 0 Å². The van der Waals surface area contributed by atoms with E-state index in [-0.39, 0.29) is 5.92 Å². The second-order valence-electron chi connectivity index (χ2n) is 10.3. The van der Waals surface area contributed by atoms with Crippen molar-refractivity contribution in [3.8, 4) is 34.4 Å². The van der Waals surface area contributed by atoms with E-state index in [2.05, 4.69) is 64.0 Å². The molecule has 194 valence electrons. The highest BCUT2D eigenvalue weighted by Crippen LogP contribution is 2.32. The standard InChI is InChI=1S/C32H31N7/c1-38(25-13-9-22(20-33)10-14-25)21-23-11-15-26(16-12-23)39-31(27-8-5-19-35-30(27)34)37-29-18-17-28(36-32(29)39)24-6-3-2-4-7-24/h2-8,11-12,15-19,22,25H,9-10,13-14,21H2,1H3,(H2,34,35). The summed E-state index contributed by atoms with van der Waals surface area (Å²) in [5, 5.41) is 9.22. The van der Waals surface area contributed by atoms with E-state index in [4.69, 9.17) is 15.7 Å². The Morgan fingerprint density at radius 2 is 1.69 bits per heavy atom. The van der Waals surface area contributed by atoms with E-state index in [1.165, 1.54) is 5.56 Å². The maximum absolute atomic E-state index is 9.22. The minimum absolute atomic E-state index is 0.220. The molecule has 0 saturated heterocycles. The first kappa shape index (κ1) is 24.8. The van der Waals surface area contributed by atoms with Gasteiger partial charge in [0.15, 0.2) is 11.5 Å². The topological polar surface area (TPSA) is 96.7 Å². The summed E-state index contributed by atoms with van der Waals surface area (Å²) >= 11 is 0. The van der Waals surface area contributed by atoms with Gasteiger partial charge in [-0.1, -0.05) is 42.5 Å². The molecule has 7 nitrogen and oxygen atoms in total. The molecule has 1 fully saturated rings. The zero-order chi connectivity index (χ0) is 26.8. The summed E-state index contributed by atoms with van der Waals surface area (Å²) in [4.78, 5) is 16.7. The first-order chi connectivity index (χ1) is 19.1. The maximum atomic E-state index is 9.22. The molecule has 0 aliphatic heterocycles. The molecule has 0 radical (unpaired) electrons. The van der Waals surface area contributed by atoms with Crippen LogP contribution in [0.25, 0.3) is 39.5 Å². The molecule has 5 aromatic rings. The molecular formula is C32H31N7. The first-order valence-electron chi connectivity index (χ1n) is 13.5. The Hall–Kier alpha value is -4.54. The van der Waals surface area contributed by atoms with Crippen LogP contribution in [0.15, 0.2) is 85.1 Å². The molecule has 0 unspecified atom stereocenters. The smallest absolute Gasteiger partial charge is 0.165 e. The van der Waals surface area contributed by atoms with Crippen molar-refractivity contribution in [2.45, 2.75) is 38.3 Å². The highest BCUT2D eigenvalue weighted by atomic mass is 15.1. The van der Waals surface area contributed by atoms with E-state index < -0.39 is 0 Å². The van der Waals surface area contributed by atoms with Crippen molar-refractivity contribution >= 4 is 17.0 Å². The normalized spacial score (nSPS) is 17.4. The number of rotatable bonds is 6. The fraction of sp³-hybridized carbons (Fsp3) is 0.250. The van der Waals surface area contributed by atoms with Crippen LogP contribution in [0.1, 0.15) is 31.2 Å². The molecule has 3 aromatic heterocycles. The summed E-state index contributed by atoms with van der Waals surface area (Å²) in [7, 11) is 2.19. The molecule has 2 N–H and O–H groups in total. The van der Waals surface area contributed by atoms with Gasteiger partial charge in [0.05, 0.1) is 17.3 Å². The molecule has 0 atom stereocenters. The van der Waals surface area contributed by atoms with E-state index in [0.29, 0.717) is 17.7 Å².